The number of carbonyl (C=O) groups is 2. The first-order valence-electron chi connectivity index (χ1n) is 16.6. The van der Waals surface area contributed by atoms with Gasteiger partial charge in [-0.15, -0.1) is 11.8 Å². The first-order valence-corrected chi connectivity index (χ1v) is 16.6. The Balaban J connectivity index is 0.000000702. The van der Waals surface area contributed by atoms with Gasteiger partial charge in [0, 0.05) is 25.3 Å². The van der Waals surface area contributed by atoms with E-state index in [0.717, 1.165) is 25.3 Å². The largest absolute Gasteiger partial charge is 0.481 e. The van der Waals surface area contributed by atoms with Crippen LogP contribution in [0.5, 0.6) is 0 Å². The number of carboxylic acid groups (broad SMARTS) is 1. The molecule has 1 atom stereocenters. The molecule has 0 radical (unpaired) electrons. The molecule has 1 aromatic rings. The van der Waals surface area contributed by atoms with Crippen LogP contribution in [0.2, 0.25) is 0 Å². The molecule has 2 N–H and O–H groups in total. The first kappa shape index (κ1) is 36.7. The minimum absolute atomic E-state index is 0.128. The summed E-state index contributed by atoms with van der Waals surface area (Å²) in [4.78, 5) is 23.3. The quantitative estimate of drug-likeness (QED) is 0.105. The van der Waals surface area contributed by atoms with E-state index in [9.17, 15) is 14.7 Å². The Kier molecular flexibility index (Phi) is 23.8. The molecule has 0 heterocycles. The number of benzene rings is 1. The smallest absolute Gasteiger partial charge is 0.314 e. The van der Waals surface area contributed by atoms with Crippen LogP contribution >= 0.6 is 0 Å². The Bertz CT molecular complexity index is 821. The SMILES string of the molecule is CCCCCCCCCCCC#CCCCCC(=O)OCC(C(=O)O)c1ccccc1.CNC1CCCCCCC1. The molecule has 0 aliphatic heterocycles. The van der Waals surface area contributed by atoms with Gasteiger partial charge >= 0.3 is 11.9 Å². The van der Waals surface area contributed by atoms with Gasteiger partial charge < -0.3 is 15.2 Å². The van der Waals surface area contributed by atoms with Crippen molar-refractivity contribution >= 4 is 11.9 Å². The molecule has 1 aliphatic rings. The van der Waals surface area contributed by atoms with Gasteiger partial charge in [-0.05, 0) is 44.7 Å². The number of unbranched alkanes of at least 4 members (excludes halogenated alkanes) is 11. The third kappa shape index (κ3) is 21.1. The van der Waals surface area contributed by atoms with Crippen LogP contribution in [0.25, 0.3) is 0 Å². The predicted octanol–water partition coefficient (Wildman–Crippen LogP) is 9.20. The van der Waals surface area contributed by atoms with Crippen LogP contribution in [0.15, 0.2) is 30.3 Å². The van der Waals surface area contributed by atoms with E-state index in [-0.39, 0.29) is 12.6 Å². The minimum Gasteiger partial charge on any atom is -0.481 e. The molecular weight excluding hydrogens is 510 g/mol. The molecule has 5 nitrogen and oxygen atoms in total. The van der Waals surface area contributed by atoms with Gasteiger partial charge in [0.1, 0.15) is 12.5 Å². The number of nitrogens with one attached hydrogen (secondary N) is 1. The summed E-state index contributed by atoms with van der Waals surface area (Å²) in [5, 5.41) is 12.7. The Hall–Kier alpha value is -2.32. The highest BCUT2D eigenvalue weighted by atomic mass is 16.5. The summed E-state index contributed by atoms with van der Waals surface area (Å²) in [6.07, 6.45) is 25.7. The molecule has 41 heavy (non-hydrogen) atoms. The topological polar surface area (TPSA) is 75.6 Å². The standard InChI is InChI=1S/C27H40O4.C9H19N/c1-2-3-4-5-6-7-8-9-10-11-12-13-14-15-19-22-26(28)31-23-25(27(29)30)24-20-17-16-18-21-24;1-10-9-7-5-3-2-4-6-8-9/h16-18,20-21,25H,2-11,14-15,19,22-23H2,1H3,(H,29,30);9-10H,2-8H2,1H3. The van der Waals surface area contributed by atoms with Crippen LogP contribution in [0.3, 0.4) is 0 Å². The van der Waals surface area contributed by atoms with E-state index in [1.165, 1.54) is 103 Å². The van der Waals surface area contributed by atoms with E-state index in [4.69, 9.17) is 4.74 Å². The average molecular weight is 570 g/mol. The second-order valence-corrected chi connectivity index (χ2v) is 11.5. The van der Waals surface area contributed by atoms with Gasteiger partial charge in [-0.25, -0.2) is 0 Å². The van der Waals surface area contributed by atoms with Gasteiger partial charge in [0.15, 0.2) is 0 Å². The van der Waals surface area contributed by atoms with Crippen molar-refractivity contribution in [1.82, 2.24) is 5.32 Å². The molecule has 1 unspecified atom stereocenters. The van der Waals surface area contributed by atoms with E-state index >= 15 is 0 Å². The van der Waals surface area contributed by atoms with Gasteiger partial charge in [0.05, 0.1) is 0 Å². The van der Waals surface area contributed by atoms with Crippen LogP contribution in [-0.4, -0.2) is 36.7 Å². The lowest BCUT2D eigenvalue weighted by Gasteiger charge is -2.18. The van der Waals surface area contributed by atoms with Crippen LogP contribution in [0.1, 0.15) is 153 Å². The van der Waals surface area contributed by atoms with Gasteiger partial charge in [0.25, 0.3) is 0 Å². The van der Waals surface area contributed by atoms with E-state index in [1.54, 1.807) is 24.3 Å². The maximum atomic E-state index is 11.9. The van der Waals surface area contributed by atoms with Crippen LogP contribution in [0, 0.1) is 11.8 Å². The van der Waals surface area contributed by atoms with Crippen molar-refractivity contribution in [2.24, 2.45) is 0 Å². The summed E-state index contributed by atoms with van der Waals surface area (Å²) in [5.41, 5.74) is 0.644. The predicted molar refractivity (Wildman–Crippen MR) is 171 cm³/mol. The second-order valence-electron chi connectivity index (χ2n) is 11.5. The lowest BCUT2D eigenvalue weighted by Crippen LogP contribution is -2.25. The zero-order valence-electron chi connectivity index (χ0n) is 26.3. The third-order valence-corrected chi connectivity index (χ3v) is 7.89. The zero-order valence-corrected chi connectivity index (χ0v) is 26.3. The number of carboxylic acids is 1. The Labute approximate surface area is 251 Å². The molecule has 0 saturated heterocycles. The van der Waals surface area contributed by atoms with Crippen molar-refractivity contribution in [1.29, 1.82) is 0 Å². The fourth-order valence-electron chi connectivity index (χ4n) is 5.17. The summed E-state index contributed by atoms with van der Waals surface area (Å²) < 4.78 is 5.18. The fraction of sp³-hybridized carbons (Fsp3) is 0.722. The van der Waals surface area contributed by atoms with Crippen molar-refractivity contribution in [3.63, 3.8) is 0 Å². The van der Waals surface area contributed by atoms with Gasteiger partial charge in [0.2, 0.25) is 0 Å². The summed E-state index contributed by atoms with van der Waals surface area (Å²) in [7, 11) is 2.09. The van der Waals surface area contributed by atoms with Crippen molar-refractivity contribution in [3.05, 3.63) is 35.9 Å². The number of ether oxygens (including phenoxy) is 1. The van der Waals surface area contributed by atoms with E-state index < -0.39 is 11.9 Å². The number of esters is 1. The monoisotopic (exact) mass is 569 g/mol. The highest BCUT2D eigenvalue weighted by Gasteiger charge is 2.21. The lowest BCUT2D eigenvalue weighted by atomic mass is 9.97. The molecule has 0 spiro atoms. The van der Waals surface area contributed by atoms with E-state index in [1.807, 2.05) is 6.07 Å². The normalized spacial score (nSPS) is 14.4. The molecule has 1 aromatic carbocycles. The molecule has 5 heteroatoms. The Morgan fingerprint density at radius 1 is 0.829 bits per heavy atom. The van der Waals surface area contributed by atoms with Gasteiger partial charge in [-0.2, -0.15) is 0 Å². The maximum absolute atomic E-state index is 11.9. The van der Waals surface area contributed by atoms with E-state index in [0.29, 0.717) is 18.4 Å². The molecule has 0 amide bonds. The Morgan fingerprint density at radius 3 is 1.93 bits per heavy atom. The highest BCUT2D eigenvalue weighted by molar-refractivity contribution is 5.77. The summed E-state index contributed by atoms with van der Waals surface area (Å²) in [6, 6.07) is 9.68. The molecule has 2 rings (SSSR count). The molecule has 1 fully saturated rings. The van der Waals surface area contributed by atoms with Crippen molar-refractivity contribution in [2.45, 2.75) is 154 Å². The van der Waals surface area contributed by atoms with Crippen molar-refractivity contribution < 1.29 is 19.4 Å². The fourth-order valence-corrected chi connectivity index (χ4v) is 5.17. The van der Waals surface area contributed by atoms with Crippen molar-refractivity contribution in [2.75, 3.05) is 13.7 Å². The van der Waals surface area contributed by atoms with E-state index in [2.05, 4.69) is 31.1 Å². The Morgan fingerprint density at radius 2 is 1.37 bits per heavy atom. The molecule has 1 saturated carbocycles. The number of hydrogen-bond acceptors (Lipinski definition) is 4. The van der Waals surface area contributed by atoms with Gasteiger partial charge in [-0.3, -0.25) is 9.59 Å². The molecular formula is C36H59NO4. The lowest BCUT2D eigenvalue weighted by molar-refractivity contribution is -0.148. The number of hydrogen-bond donors (Lipinski definition) is 2. The summed E-state index contributed by atoms with van der Waals surface area (Å²) in [6.45, 7) is 2.12. The first-order chi connectivity index (χ1) is 20.1. The van der Waals surface area contributed by atoms with Gasteiger partial charge in [-0.1, -0.05) is 121 Å². The number of aliphatic carboxylic acids is 1. The molecule has 0 bridgehead atoms. The molecule has 0 aromatic heterocycles. The third-order valence-electron chi connectivity index (χ3n) is 7.89. The minimum atomic E-state index is -0.985. The van der Waals surface area contributed by atoms with Crippen LogP contribution in [-0.2, 0) is 14.3 Å². The highest BCUT2D eigenvalue weighted by Crippen LogP contribution is 2.18. The van der Waals surface area contributed by atoms with Crippen LogP contribution < -0.4 is 5.32 Å². The molecule has 1 aliphatic carbocycles. The zero-order chi connectivity index (χ0) is 29.8. The second kappa shape index (κ2) is 26.6. The van der Waals surface area contributed by atoms with Crippen LogP contribution in [0.4, 0.5) is 0 Å². The summed E-state index contributed by atoms with van der Waals surface area (Å²) in [5.74, 6) is 4.27. The van der Waals surface area contributed by atoms with Crippen molar-refractivity contribution in [3.8, 4) is 11.8 Å². The number of carbonyl (C=O) groups excluding carboxylic acids is 1. The maximum Gasteiger partial charge on any atom is 0.314 e. The number of rotatable bonds is 18. The summed E-state index contributed by atoms with van der Waals surface area (Å²) >= 11 is 0. The molecule has 232 valence electrons. The average Bonchev–Trinajstić information content (AvgIpc) is 2.96.